The van der Waals surface area contributed by atoms with Gasteiger partial charge in [0.1, 0.15) is 5.82 Å². The molecule has 1 heterocycles. The van der Waals surface area contributed by atoms with Crippen LogP contribution in [0, 0.1) is 5.82 Å². The number of hydrogen-bond donors (Lipinski definition) is 2. The number of carboxylic acid groups (broad SMARTS) is 1. The molecular formula is C14H13FN2O3S. The lowest BCUT2D eigenvalue weighted by atomic mass is 10.1. The number of hydrogen-bond acceptors (Lipinski definition) is 4. The van der Waals surface area contributed by atoms with Crippen LogP contribution in [-0.2, 0) is 17.6 Å². The number of carbonyl (C=O) groups is 2. The van der Waals surface area contributed by atoms with Gasteiger partial charge in [0.15, 0.2) is 5.13 Å². The molecule has 1 amide bonds. The molecule has 0 saturated heterocycles. The summed E-state index contributed by atoms with van der Waals surface area (Å²) < 4.78 is 13.8. The number of aromatic carboxylic acids is 1. The van der Waals surface area contributed by atoms with Crippen LogP contribution < -0.4 is 5.32 Å². The third-order valence-corrected chi connectivity index (χ3v) is 3.59. The van der Waals surface area contributed by atoms with E-state index in [1.165, 1.54) is 30.4 Å². The van der Waals surface area contributed by atoms with Gasteiger partial charge in [0, 0.05) is 12.3 Å². The molecule has 5 nitrogen and oxygen atoms in total. The van der Waals surface area contributed by atoms with Crippen molar-refractivity contribution in [3.63, 3.8) is 0 Å². The smallest absolute Gasteiger partial charge is 0.335 e. The maximum absolute atomic E-state index is 13.8. The van der Waals surface area contributed by atoms with Crippen molar-refractivity contribution < 1.29 is 19.1 Å². The molecule has 7 heteroatoms. The van der Waals surface area contributed by atoms with E-state index in [1.54, 1.807) is 5.38 Å². The summed E-state index contributed by atoms with van der Waals surface area (Å²) in [5.74, 6) is -1.88. The van der Waals surface area contributed by atoms with Gasteiger partial charge in [0.2, 0.25) is 5.91 Å². The predicted octanol–water partition coefficient (Wildman–Crippen LogP) is 2.72. The molecule has 0 spiro atoms. The van der Waals surface area contributed by atoms with Crippen molar-refractivity contribution in [2.75, 3.05) is 5.32 Å². The minimum atomic E-state index is -1.15. The number of rotatable bonds is 5. The van der Waals surface area contributed by atoms with E-state index >= 15 is 0 Å². The highest BCUT2D eigenvalue weighted by Crippen LogP contribution is 2.18. The van der Waals surface area contributed by atoms with Crippen LogP contribution in [0.4, 0.5) is 9.52 Å². The topological polar surface area (TPSA) is 79.3 Å². The van der Waals surface area contributed by atoms with Crippen molar-refractivity contribution in [3.05, 3.63) is 46.2 Å². The Morgan fingerprint density at radius 3 is 2.76 bits per heavy atom. The van der Waals surface area contributed by atoms with Crippen molar-refractivity contribution in [1.29, 1.82) is 0 Å². The van der Waals surface area contributed by atoms with Crippen LogP contribution in [0.1, 0.15) is 28.5 Å². The van der Waals surface area contributed by atoms with E-state index in [2.05, 4.69) is 10.3 Å². The van der Waals surface area contributed by atoms with Crippen LogP contribution >= 0.6 is 11.3 Å². The highest BCUT2D eigenvalue weighted by atomic mass is 32.1. The Morgan fingerprint density at radius 2 is 2.14 bits per heavy atom. The van der Waals surface area contributed by atoms with Gasteiger partial charge in [-0.1, -0.05) is 6.07 Å². The third-order valence-electron chi connectivity index (χ3n) is 2.79. The number of amides is 1. The second-order valence-corrected chi connectivity index (χ2v) is 5.29. The van der Waals surface area contributed by atoms with Crippen LogP contribution in [0.25, 0.3) is 0 Å². The fourth-order valence-corrected chi connectivity index (χ4v) is 2.57. The fraction of sp³-hybridized carbons (Fsp3) is 0.214. The second-order valence-electron chi connectivity index (χ2n) is 4.44. The van der Waals surface area contributed by atoms with Crippen molar-refractivity contribution in [1.82, 2.24) is 4.98 Å². The van der Waals surface area contributed by atoms with E-state index in [0.29, 0.717) is 23.5 Å². The van der Waals surface area contributed by atoms with Crippen LogP contribution in [0.15, 0.2) is 23.6 Å². The van der Waals surface area contributed by atoms with Crippen LogP contribution in [0.2, 0.25) is 0 Å². The molecule has 0 aliphatic rings. The predicted molar refractivity (Wildman–Crippen MR) is 77.2 cm³/mol. The zero-order chi connectivity index (χ0) is 15.4. The summed E-state index contributed by atoms with van der Waals surface area (Å²) in [7, 11) is 0. The first-order valence-electron chi connectivity index (χ1n) is 6.19. The van der Waals surface area contributed by atoms with Gasteiger partial charge in [-0.05, 0) is 30.5 Å². The largest absolute Gasteiger partial charge is 0.478 e. The highest BCUT2D eigenvalue weighted by Gasteiger charge is 2.09. The van der Waals surface area contributed by atoms with Crippen molar-refractivity contribution in [2.24, 2.45) is 0 Å². The van der Waals surface area contributed by atoms with Gasteiger partial charge < -0.3 is 10.4 Å². The van der Waals surface area contributed by atoms with E-state index < -0.39 is 11.8 Å². The first-order chi connectivity index (χ1) is 9.95. The van der Waals surface area contributed by atoms with Crippen LogP contribution in [0.5, 0.6) is 0 Å². The van der Waals surface area contributed by atoms with Gasteiger partial charge in [-0.15, -0.1) is 11.3 Å². The second kappa shape index (κ2) is 6.45. The molecule has 2 aromatic rings. The standard InChI is InChI=1S/C14H13FN2O3S/c1-8(18)16-14-17-11(7-21-14)5-4-9-2-3-10(13(19)20)6-12(9)15/h2-3,6-7H,4-5H2,1H3,(H,19,20)(H,16,17,18). The fourth-order valence-electron chi connectivity index (χ4n) is 1.78. The molecule has 110 valence electrons. The molecule has 0 saturated carbocycles. The lowest BCUT2D eigenvalue weighted by molar-refractivity contribution is -0.114. The summed E-state index contributed by atoms with van der Waals surface area (Å²) >= 11 is 1.31. The Morgan fingerprint density at radius 1 is 1.38 bits per heavy atom. The van der Waals surface area contributed by atoms with E-state index in [4.69, 9.17) is 5.11 Å². The van der Waals surface area contributed by atoms with Crippen molar-refractivity contribution in [2.45, 2.75) is 19.8 Å². The van der Waals surface area contributed by atoms with Gasteiger partial charge in [-0.25, -0.2) is 14.2 Å². The van der Waals surface area contributed by atoms with E-state index in [1.807, 2.05) is 0 Å². The molecule has 2 rings (SSSR count). The number of aryl methyl sites for hydroxylation is 2. The van der Waals surface area contributed by atoms with E-state index in [0.717, 1.165) is 11.8 Å². The molecule has 21 heavy (non-hydrogen) atoms. The number of aromatic nitrogens is 1. The van der Waals surface area contributed by atoms with E-state index in [-0.39, 0.29) is 11.5 Å². The molecule has 0 bridgehead atoms. The summed E-state index contributed by atoms with van der Waals surface area (Å²) in [6, 6.07) is 3.87. The molecule has 0 aliphatic carbocycles. The number of nitrogens with one attached hydrogen (secondary N) is 1. The lowest BCUT2D eigenvalue weighted by Crippen LogP contribution is -2.05. The zero-order valence-corrected chi connectivity index (χ0v) is 12.0. The van der Waals surface area contributed by atoms with Gasteiger partial charge in [-0.2, -0.15) is 0 Å². The molecule has 0 unspecified atom stereocenters. The highest BCUT2D eigenvalue weighted by molar-refractivity contribution is 7.13. The van der Waals surface area contributed by atoms with Crippen molar-refractivity contribution >= 4 is 28.3 Å². The number of anilines is 1. The zero-order valence-electron chi connectivity index (χ0n) is 11.2. The molecule has 0 atom stereocenters. The average molecular weight is 308 g/mol. The molecule has 1 aromatic heterocycles. The summed E-state index contributed by atoms with van der Waals surface area (Å²) in [5, 5.41) is 13.7. The molecule has 0 fully saturated rings. The molecule has 1 aromatic carbocycles. The molecule has 0 radical (unpaired) electrons. The van der Waals surface area contributed by atoms with Crippen LogP contribution in [-0.4, -0.2) is 22.0 Å². The van der Waals surface area contributed by atoms with Crippen molar-refractivity contribution in [3.8, 4) is 0 Å². The van der Waals surface area contributed by atoms with Gasteiger partial charge in [0.25, 0.3) is 0 Å². The molecule has 2 N–H and O–H groups in total. The van der Waals surface area contributed by atoms with Gasteiger partial charge >= 0.3 is 5.97 Å². The average Bonchev–Trinajstić information content (AvgIpc) is 2.83. The van der Waals surface area contributed by atoms with Crippen LogP contribution in [0.3, 0.4) is 0 Å². The number of benzene rings is 1. The monoisotopic (exact) mass is 308 g/mol. The quantitative estimate of drug-likeness (QED) is 0.890. The first kappa shape index (κ1) is 15.1. The Balaban J connectivity index is 2.01. The Kier molecular flexibility index (Phi) is 4.64. The summed E-state index contributed by atoms with van der Waals surface area (Å²) in [4.78, 5) is 25.8. The number of halogens is 1. The summed E-state index contributed by atoms with van der Waals surface area (Å²) in [5.41, 5.74) is 1.12. The summed E-state index contributed by atoms with van der Waals surface area (Å²) in [6.07, 6.45) is 0.925. The normalized spacial score (nSPS) is 10.4. The Hall–Kier alpha value is -2.28. The molecule has 0 aliphatic heterocycles. The number of nitrogens with zero attached hydrogens (tertiary/aromatic N) is 1. The minimum Gasteiger partial charge on any atom is -0.478 e. The first-order valence-corrected chi connectivity index (χ1v) is 7.07. The van der Waals surface area contributed by atoms with Gasteiger partial charge in [-0.3, -0.25) is 4.79 Å². The minimum absolute atomic E-state index is 0.0714. The lowest BCUT2D eigenvalue weighted by Gasteiger charge is -2.03. The van der Waals surface area contributed by atoms with Gasteiger partial charge in [0.05, 0.1) is 11.3 Å². The number of thiazole rings is 1. The summed E-state index contributed by atoms with van der Waals surface area (Å²) in [6.45, 7) is 1.40. The molecular weight excluding hydrogens is 295 g/mol. The SMILES string of the molecule is CC(=O)Nc1nc(CCc2ccc(C(=O)O)cc2F)cs1. The Bertz CT molecular complexity index is 685. The maximum atomic E-state index is 13.8. The Labute approximate surface area is 124 Å². The maximum Gasteiger partial charge on any atom is 0.335 e. The third kappa shape index (κ3) is 4.09. The number of carboxylic acids is 1. The number of carbonyl (C=O) groups excluding carboxylic acids is 1. The van der Waals surface area contributed by atoms with E-state index in [9.17, 15) is 14.0 Å².